The van der Waals surface area contributed by atoms with Crippen LogP contribution in [-0.4, -0.2) is 61.2 Å². The minimum absolute atomic E-state index is 0.506. The van der Waals surface area contributed by atoms with E-state index in [0.29, 0.717) is 32.1 Å². The summed E-state index contributed by atoms with van der Waals surface area (Å²) in [7, 11) is -3.34. The fourth-order valence-corrected chi connectivity index (χ4v) is 5.03. The molecule has 134 valence electrons. The Morgan fingerprint density at radius 1 is 0.958 bits per heavy atom. The number of hydrogen-bond donors (Lipinski definition) is 0. The lowest BCUT2D eigenvalue weighted by Crippen LogP contribution is -2.53. The Hall–Kier alpha value is -0.950. The van der Waals surface area contributed by atoms with E-state index in [1.165, 1.54) is 12.0 Å². The van der Waals surface area contributed by atoms with Gasteiger partial charge in [0.1, 0.15) is 0 Å². The van der Waals surface area contributed by atoms with Crippen molar-refractivity contribution in [1.29, 1.82) is 0 Å². The number of benzene rings is 1. The van der Waals surface area contributed by atoms with Crippen LogP contribution < -0.4 is 0 Å². The van der Waals surface area contributed by atoms with Crippen molar-refractivity contribution in [1.82, 2.24) is 13.5 Å². The molecule has 0 atom stereocenters. The van der Waals surface area contributed by atoms with Gasteiger partial charge in [0.15, 0.2) is 0 Å². The van der Waals surface area contributed by atoms with Crippen LogP contribution in [0, 0.1) is 5.92 Å². The number of hydrogen-bond acceptors (Lipinski definition) is 3. The largest absolute Gasteiger partial charge is 0.301 e. The van der Waals surface area contributed by atoms with Gasteiger partial charge < -0.3 is 4.90 Å². The zero-order valence-electron chi connectivity index (χ0n) is 14.8. The first kappa shape index (κ1) is 17.9. The molecule has 1 fully saturated rings. The molecule has 0 saturated carbocycles. The van der Waals surface area contributed by atoms with Gasteiger partial charge in [-0.2, -0.15) is 17.0 Å². The molecule has 2 heterocycles. The third-order valence-corrected chi connectivity index (χ3v) is 7.08. The predicted octanol–water partition coefficient (Wildman–Crippen LogP) is 1.95. The molecular weight excluding hydrogens is 322 g/mol. The monoisotopic (exact) mass is 351 g/mol. The maximum absolute atomic E-state index is 13.0. The zero-order chi connectivity index (χ0) is 17.2. The molecule has 0 unspecified atom stereocenters. The van der Waals surface area contributed by atoms with E-state index in [4.69, 9.17) is 0 Å². The Bertz CT molecular complexity index is 652. The second kappa shape index (κ2) is 7.52. The van der Waals surface area contributed by atoms with Gasteiger partial charge in [0.2, 0.25) is 0 Å². The van der Waals surface area contributed by atoms with Crippen LogP contribution in [-0.2, 0) is 23.2 Å². The molecular formula is C18H29N3O2S. The van der Waals surface area contributed by atoms with Crippen molar-refractivity contribution in [2.45, 2.75) is 33.2 Å². The highest BCUT2D eigenvalue weighted by Crippen LogP contribution is 2.23. The molecule has 0 aromatic heterocycles. The quantitative estimate of drug-likeness (QED) is 0.814. The van der Waals surface area contributed by atoms with Crippen LogP contribution in [0.25, 0.3) is 0 Å². The Labute approximate surface area is 146 Å². The Balaban J connectivity index is 1.59. The average molecular weight is 352 g/mol. The van der Waals surface area contributed by atoms with Crippen molar-refractivity contribution in [3.05, 3.63) is 35.4 Å². The van der Waals surface area contributed by atoms with Gasteiger partial charge in [-0.15, -0.1) is 0 Å². The van der Waals surface area contributed by atoms with Crippen molar-refractivity contribution in [2.24, 2.45) is 5.92 Å². The van der Waals surface area contributed by atoms with E-state index in [-0.39, 0.29) is 0 Å². The highest BCUT2D eigenvalue weighted by molar-refractivity contribution is 7.86. The highest BCUT2D eigenvalue weighted by Gasteiger charge is 2.34. The SMILES string of the molecule is CC(C)CCN1CCN(S(=O)(=O)N2CCc3ccccc3C2)CC1. The van der Waals surface area contributed by atoms with Gasteiger partial charge in [-0.25, -0.2) is 0 Å². The smallest absolute Gasteiger partial charge is 0.282 e. The third-order valence-electron chi connectivity index (χ3n) is 5.10. The van der Waals surface area contributed by atoms with E-state index in [2.05, 4.69) is 24.8 Å². The fourth-order valence-electron chi connectivity index (χ4n) is 3.45. The molecule has 1 saturated heterocycles. The van der Waals surface area contributed by atoms with Crippen molar-refractivity contribution in [3.8, 4) is 0 Å². The van der Waals surface area contributed by atoms with Gasteiger partial charge >= 0.3 is 0 Å². The van der Waals surface area contributed by atoms with Gasteiger partial charge in [0, 0.05) is 39.3 Å². The van der Waals surface area contributed by atoms with E-state index >= 15 is 0 Å². The maximum Gasteiger partial charge on any atom is 0.282 e. The lowest BCUT2D eigenvalue weighted by atomic mass is 10.0. The number of nitrogens with zero attached hydrogens (tertiary/aromatic N) is 3. The lowest BCUT2D eigenvalue weighted by Gasteiger charge is -2.38. The third kappa shape index (κ3) is 3.99. The molecule has 0 spiro atoms. The summed E-state index contributed by atoms with van der Waals surface area (Å²) < 4.78 is 29.2. The molecule has 0 radical (unpaired) electrons. The van der Waals surface area contributed by atoms with Crippen molar-refractivity contribution in [3.63, 3.8) is 0 Å². The van der Waals surface area contributed by atoms with Gasteiger partial charge in [-0.05, 0) is 36.4 Å². The highest BCUT2D eigenvalue weighted by atomic mass is 32.2. The summed E-state index contributed by atoms with van der Waals surface area (Å²) in [5.74, 6) is 0.695. The number of fused-ring (bicyclic) bond motifs is 1. The molecule has 0 bridgehead atoms. The van der Waals surface area contributed by atoms with Crippen molar-refractivity contribution < 1.29 is 8.42 Å². The first-order valence-corrected chi connectivity index (χ1v) is 10.4. The molecule has 6 heteroatoms. The summed E-state index contributed by atoms with van der Waals surface area (Å²) in [6.07, 6.45) is 1.99. The fraction of sp³-hybridized carbons (Fsp3) is 0.667. The molecule has 1 aromatic rings. The molecule has 3 rings (SSSR count). The zero-order valence-corrected chi connectivity index (χ0v) is 15.6. The van der Waals surface area contributed by atoms with E-state index in [1.807, 2.05) is 18.2 Å². The maximum atomic E-state index is 13.0. The second-order valence-corrected chi connectivity index (χ2v) is 9.21. The summed E-state index contributed by atoms with van der Waals surface area (Å²) in [6.45, 7) is 9.54. The summed E-state index contributed by atoms with van der Waals surface area (Å²) in [4.78, 5) is 2.39. The minimum atomic E-state index is -3.34. The predicted molar refractivity (Wildman–Crippen MR) is 96.9 cm³/mol. The molecule has 5 nitrogen and oxygen atoms in total. The number of rotatable bonds is 5. The van der Waals surface area contributed by atoms with Crippen molar-refractivity contribution in [2.75, 3.05) is 39.3 Å². The van der Waals surface area contributed by atoms with E-state index in [9.17, 15) is 8.42 Å². The summed E-state index contributed by atoms with van der Waals surface area (Å²) >= 11 is 0. The van der Waals surface area contributed by atoms with Gasteiger partial charge in [-0.1, -0.05) is 38.1 Å². The second-order valence-electron chi connectivity index (χ2n) is 7.28. The van der Waals surface area contributed by atoms with Crippen LogP contribution in [0.4, 0.5) is 0 Å². The van der Waals surface area contributed by atoms with Crippen LogP contribution in [0.2, 0.25) is 0 Å². The summed E-state index contributed by atoms with van der Waals surface area (Å²) in [5, 5.41) is 0. The van der Waals surface area contributed by atoms with Gasteiger partial charge in [0.25, 0.3) is 10.2 Å². The van der Waals surface area contributed by atoms with E-state index in [0.717, 1.165) is 31.6 Å². The number of piperazine rings is 1. The molecule has 2 aliphatic heterocycles. The summed E-state index contributed by atoms with van der Waals surface area (Å²) in [6, 6.07) is 8.16. The molecule has 0 amide bonds. The standard InChI is InChI=1S/C18H29N3O2S/c1-16(2)7-9-19-11-13-20(14-12-19)24(22,23)21-10-8-17-5-3-4-6-18(17)15-21/h3-6,16H,7-15H2,1-2H3. The van der Waals surface area contributed by atoms with E-state index in [1.54, 1.807) is 8.61 Å². The normalized spacial score (nSPS) is 21.1. The molecule has 24 heavy (non-hydrogen) atoms. The average Bonchev–Trinajstić information content (AvgIpc) is 2.60. The molecule has 1 aromatic carbocycles. The van der Waals surface area contributed by atoms with Gasteiger partial charge in [0.05, 0.1) is 0 Å². The Morgan fingerprint density at radius 3 is 2.29 bits per heavy atom. The Kier molecular flexibility index (Phi) is 5.59. The van der Waals surface area contributed by atoms with Crippen LogP contribution in [0.1, 0.15) is 31.4 Å². The van der Waals surface area contributed by atoms with Crippen LogP contribution >= 0.6 is 0 Å². The summed E-state index contributed by atoms with van der Waals surface area (Å²) in [5.41, 5.74) is 2.42. The first-order chi connectivity index (χ1) is 11.5. The molecule has 0 aliphatic carbocycles. The van der Waals surface area contributed by atoms with Crippen molar-refractivity contribution >= 4 is 10.2 Å². The van der Waals surface area contributed by atoms with Crippen LogP contribution in [0.15, 0.2) is 24.3 Å². The van der Waals surface area contributed by atoms with Gasteiger partial charge in [-0.3, -0.25) is 0 Å². The Morgan fingerprint density at radius 2 is 1.62 bits per heavy atom. The molecule has 2 aliphatic rings. The first-order valence-electron chi connectivity index (χ1n) is 9.01. The van der Waals surface area contributed by atoms with E-state index < -0.39 is 10.2 Å². The lowest BCUT2D eigenvalue weighted by molar-refractivity contribution is 0.173. The van der Waals surface area contributed by atoms with Crippen LogP contribution in [0.3, 0.4) is 0 Å². The minimum Gasteiger partial charge on any atom is -0.301 e. The topological polar surface area (TPSA) is 43.9 Å². The molecule has 0 N–H and O–H groups in total. The van der Waals surface area contributed by atoms with Crippen LogP contribution in [0.5, 0.6) is 0 Å².